The van der Waals surface area contributed by atoms with Crippen LogP contribution in [-0.4, -0.2) is 70.8 Å². The molecule has 2 aromatic carbocycles. The fourth-order valence-electron chi connectivity index (χ4n) is 5.00. The SMILES string of the molecule is CCC(C)CNC(=O)CN1CN(c2ccccc2)C2(CCN(C(=O)c3cccc([N+](=O)[O-])c3)CC2)C1=O. The maximum absolute atomic E-state index is 13.8. The number of rotatable bonds is 8. The van der Waals surface area contributed by atoms with Gasteiger partial charge in [-0.1, -0.05) is 44.5 Å². The first-order valence-corrected chi connectivity index (χ1v) is 12.7. The van der Waals surface area contributed by atoms with E-state index in [1.165, 1.54) is 18.2 Å². The molecule has 0 bridgehead atoms. The smallest absolute Gasteiger partial charge is 0.270 e. The van der Waals surface area contributed by atoms with Gasteiger partial charge in [-0.2, -0.15) is 0 Å². The summed E-state index contributed by atoms with van der Waals surface area (Å²) < 4.78 is 0. The van der Waals surface area contributed by atoms with E-state index in [4.69, 9.17) is 0 Å². The van der Waals surface area contributed by atoms with Crippen molar-refractivity contribution in [2.45, 2.75) is 38.6 Å². The molecule has 0 aromatic heterocycles. The Hall–Kier alpha value is -3.95. The Morgan fingerprint density at radius 2 is 1.81 bits per heavy atom. The third kappa shape index (κ3) is 5.42. The molecular weight excluding hydrogens is 474 g/mol. The molecule has 2 fully saturated rings. The molecular formula is C27H33N5O5. The first-order valence-electron chi connectivity index (χ1n) is 12.7. The van der Waals surface area contributed by atoms with Gasteiger partial charge in [-0.15, -0.1) is 0 Å². The number of nitrogens with zero attached hydrogens (tertiary/aromatic N) is 4. The van der Waals surface area contributed by atoms with Gasteiger partial charge in [-0.3, -0.25) is 24.5 Å². The van der Waals surface area contributed by atoms with Crippen LogP contribution in [0.25, 0.3) is 0 Å². The molecule has 0 radical (unpaired) electrons. The summed E-state index contributed by atoms with van der Waals surface area (Å²) in [5, 5.41) is 14.1. The number of anilines is 1. The molecule has 2 heterocycles. The van der Waals surface area contributed by atoms with Crippen molar-refractivity contribution in [2.24, 2.45) is 5.92 Å². The molecule has 2 aromatic rings. The highest BCUT2D eigenvalue weighted by Crippen LogP contribution is 2.39. The maximum atomic E-state index is 13.8. The van der Waals surface area contributed by atoms with Crippen molar-refractivity contribution in [3.05, 3.63) is 70.3 Å². The third-order valence-electron chi connectivity index (χ3n) is 7.44. The number of amides is 3. The minimum Gasteiger partial charge on any atom is -0.354 e. The van der Waals surface area contributed by atoms with Gasteiger partial charge in [0.15, 0.2) is 0 Å². The van der Waals surface area contributed by atoms with Gasteiger partial charge in [-0.05, 0) is 37.0 Å². The van der Waals surface area contributed by atoms with Crippen molar-refractivity contribution in [3.63, 3.8) is 0 Å². The third-order valence-corrected chi connectivity index (χ3v) is 7.44. The number of hydrogen-bond acceptors (Lipinski definition) is 6. The fraction of sp³-hybridized carbons (Fsp3) is 0.444. The van der Waals surface area contributed by atoms with E-state index in [-0.39, 0.29) is 35.5 Å². The van der Waals surface area contributed by atoms with E-state index in [9.17, 15) is 24.5 Å². The molecule has 1 N–H and O–H groups in total. The predicted molar refractivity (Wildman–Crippen MR) is 139 cm³/mol. The van der Waals surface area contributed by atoms with Gasteiger partial charge < -0.3 is 20.0 Å². The summed E-state index contributed by atoms with van der Waals surface area (Å²) in [6.07, 6.45) is 1.75. The first-order chi connectivity index (χ1) is 17.7. The summed E-state index contributed by atoms with van der Waals surface area (Å²) in [5.41, 5.74) is 0.139. The number of nitro benzene ring substituents is 1. The number of piperidine rings is 1. The number of non-ortho nitro benzene ring substituents is 1. The second-order valence-electron chi connectivity index (χ2n) is 9.86. The van der Waals surface area contributed by atoms with Gasteiger partial charge in [0.1, 0.15) is 12.1 Å². The molecule has 1 atom stereocenters. The van der Waals surface area contributed by atoms with Crippen LogP contribution in [-0.2, 0) is 9.59 Å². The fourth-order valence-corrected chi connectivity index (χ4v) is 5.00. The lowest BCUT2D eigenvalue weighted by atomic mass is 9.85. The second kappa shape index (κ2) is 11.0. The van der Waals surface area contributed by atoms with Crippen LogP contribution >= 0.6 is 0 Å². The van der Waals surface area contributed by atoms with Crippen LogP contribution in [0.3, 0.4) is 0 Å². The Morgan fingerprint density at radius 3 is 2.46 bits per heavy atom. The van der Waals surface area contributed by atoms with Crippen molar-refractivity contribution >= 4 is 29.1 Å². The van der Waals surface area contributed by atoms with Gasteiger partial charge in [0.05, 0.1) is 11.6 Å². The van der Waals surface area contributed by atoms with Gasteiger partial charge in [0.2, 0.25) is 5.91 Å². The average Bonchev–Trinajstić information content (AvgIpc) is 3.18. The summed E-state index contributed by atoms with van der Waals surface area (Å²) in [4.78, 5) is 55.4. The molecule has 0 aliphatic carbocycles. The normalized spacial score (nSPS) is 17.7. The van der Waals surface area contributed by atoms with Crippen LogP contribution < -0.4 is 10.2 Å². The van der Waals surface area contributed by atoms with Crippen molar-refractivity contribution in [2.75, 3.05) is 37.7 Å². The van der Waals surface area contributed by atoms with Crippen LogP contribution in [0.1, 0.15) is 43.5 Å². The number of nitro groups is 1. The monoisotopic (exact) mass is 507 g/mol. The van der Waals surface area contributed by atoms with E-state index in [0.29, 0.717) is 45.1 Å². The summed E-state index contributed by atoms with van der Waals surface area (Å²) in [6.45, 7) is 5.62. The largest absolute Gasteiger partial charge is 0.354 e. The molecule has 37 heavy (non-hydrogen) atoms. The molecule has 196 valence electrons. The quantitative estimate of drug-likeness (QED) is 0.434. The average molecular weight is 508 g/mol. The first kappa shape index (κ1) is 26.1. The van der Waals surface area contributed by atoms with Gasteiger partial charge in [0, 0.05) is 43.0 Å². The highest BCUT2D eigenvalue weighted by Gasteiger charge is 2.54. The number of carbonyl (C=O) groups excluding carboxylic acids is 3. The van der Waals surface area contributed by atoms with E-state index in [0.717, 1.165) is 12.1 Å². The van der Waals surface area contributed by atoms with Crippen LogP contribution in [0.15, 0.2) is 54.6 Å². The van der Waals surface area contributed by atoms with E-state index in [1.54, 1.807) is 15.9 Å². The zero-order valence-corrected chi connectivity index (χ0v) is 21.3. The van der Waals surface area contributed by atoms with E-state index < -0.39 is 10.5 Å². The summed E-state index contributed by atoms with van der Waals surface area (Å²) in [5.74, 6) is -0.232. The highest BCUT2D eigenvalue weighted by molar-refractivity contribution is 5.98. The lowest BCUT2D eigenvalue weighted by Gasteiger charge is -2.43. The number of benzene rings is 2. The van der Waals surface area contributed by atoms with Crippen molar-refractivity contribution in [1.29, 1.82) is 0 Å². The van der Waals surface area contributed by atoms with Crippen LogP contribution in [0, 0.1) is 16.0 Å². The molecule has 1 unspecified atom stereocenters. The standard InChI is InChI=1S/C27H33N5O5/c1-3-20(2)17-28-24(33)18-30-19-31(22-9-5-4-6-10-22)27(26(30)35)12-14-29(15-13-27)25(34)21-8-7-11-23(16-21)32(36)37/h4-11,16,20H,3,12-15,17-19H2,1-2H3,(H,28,33). The number of hydrogen-bond donors (Lipinski definition) is 1. The van der Waals surface area contributed by atoms with Crippen LogP contribution in [0.4, 0.5) is 11.4 Å². The summed E-state index contributed by atoms with van der Waals surface area (Å²) >= 11 is 0. The van der Waals surface area contributed by atoms with E-state index in [2.05, 4.69) is 19.2 Å². The molecule has 4 rings (SSSR count). The van der Waals surface area contributed by atoms with Gasteiger partial charge >= 0.3 is 0 Å². The molecule has 10 heteroatoms. The van der Waals surface area contributed by atoms with Crippen LogP contribution in [0.2, 0.25) is 0 Å². The lowest BCUT2D eigenvalue weighted by molar-refractivity contribution is -0.384. The van der Waals surface area contributed by atoms with E-state index >= 15 is 0 Å². The molecule has 0 saturated carbocycles. The number of likely N-dealkylation sites (tertiary alicyclic amines) is 1. The molecule has 2 aliphatic rings. The Labute approximate surface area is 216 Å². The zero-order valence-electron chi connectivity index (χ0n) is 21.3. The number of nitrogens with one attached hydrogen (secondary N) is 1. The van der Waals surface area contributed by atoms with Crippen molar-refractivity contribution in [1.82, 2.24) is 15.1 Å². The van der Waals surface area contributed by atoms with Crippen molar-refractivity contribution in [3.8, 4) is 0 Å². The molecule has 2 saturated heterocycles. The molecule has 1 spiro atoms. The Balaban J connectivity index is 1.51. The zero-order chi connectivity index (χ0) is 26.6. The lowest BCUT2D eigenvalue weighted by Crippen LogP contribution is -2.57. The van der Waals surface area contributed by atoms with E-state index in [1.807, 2.05) is 35.2 Å². The maximum Gasteiger partial charge on any atom is 0.270 e. The summed E-state index contributed by atoms with van der Waals surface area (Å²) in [7, 11) is 0. The Morgan fingerprint density at radius 1 is 1.11 bits per heavy atom. The number of carbonyl (C=O) groups is 3. The minimum absolute atomic E-state index is 0.0172. The van der Waals surface area contributed by atoms with Crippen LogP contribution in [0.5, 0.6) is 0 Å². The predicted octanol–water partition coefficient (Wildman–Crippen LogP) is 3.04. The molecule has 10 nitrogen and oxygen atoms in total. The topological polar surface area (TPSA) is 116 Å². The Bertz CT molecular complexity index is 1160. The minimum atomic E-state index is -0.863. The summed E-state index contributed by atoms with van der Waals surface area (Å²) in [6, 6.07) is 15.3. The highest BCUT2D eigenvalue weighted by atomic mass is 16.6. The number of para-hydroxylation sites is 1. The second-order valence-corrected chi connectivity index (χ2v) is 9.86. The Kier molecular flexibility index (Phi) is 7.75. The van der Waals surface area contributed by atoms with Gasteiger partial charge in [0.25, 0.3) is 17.5 Å². The molecule has 2 aliphatic heterocycles. The van der Waals surface area contributed by atoms with Gasteiger partial charge in [-0.25, -0.2) is 0 Å². The van der Waals surface area contributed by atoms with Crippen molar-refractivity contribution < 1.29 is 19.3 Å². The molecule has 3 amide bonds.